The van der Waals surface area contributed by atoms with Crippen LogP contribution in [-0.4, -0.2) is 12.6 Å². The fourth-order valence-corrected chi connectivity index (χ4v) is 1.35. The molecular weight excluding hydrogens is 172 g/mol. The van der Waals surface area contributed by atoms with Crippen molar-refractivity contribution >= 4 is 0 Å². The number of rotatable bonds is 5. The van der Waals surface area contributed by atoms with Crippen LogP contribution in [0, 0.1) is 6.92 Å². The monoisotopic (exact) mass is 192 g/mol. The van der Waals surface area contributed by atoms with E-state index in [0.29, 0.717) is 6.04 Å². The maximum absolute atomic E-state index is 5.48. The summed E-state index contributed by atoms with van der Waals surface area (Å²) in [7, 11) is 0. The van der Waals surface area contributed by atoms with Crippen molar-refractivity contribution in [1.29, 1.82) is 0 Å². The summed E-state index contributed by atoms with van der Waals surface area (Å²) in [6.45, 7) is 5.96. The molecule has 0 aliphatic carbocycles. The molecule has 0 saturated carbocycles. The first-order valence-electron chi connectivity index (χ1n) is 5.21. The van der Waals surface area contributed by atoms with Crippen molar-refractivity contribution in [1.82, 2.24) is 5.32 Å². The van der Waals surface area contributed by atoms with Gasteiger partial charge in [0.15, 0.2) is 0 Å². The Morgan fingerprint density at radius 2 is 1.93 bits per heavy atom. The second-order valence-corrected chi connectivity index (χ2v) is 3.84. The standard InChI is InChI=1S/C12H20N2/c1-10-3-5-12(6-4-10)9-14-11(2)7-8-13/h3-6,11,14H,7-9,13H2,1-2H3. The van der Waals surface area contributed by atoms with Gasteiger partial charge in [-0.25, -0.2) is 0 Å². The van der Waals surface area contributed by atoms with Crippen LogP contribution in [0.4, 0.5) is 0 Å². The zero-order valence-electron chi connectivity index (χ0n) is 9.09. The SMILES string of the molecule is Cc1ccc(CNC(C)CCN)cc1. The van der Waals surface area contributed by atoms with Gasteiger partial charge in [-0.2, -0.15) is 0 Å². The van der Waals surface area contributed by atoms with E-state index in [9.17, 15) is 0 Å². The minimum absolute atomic E-state index is 0.501. The van der Waals surface area contributed by atoms with Crippen molar-refractivity contribution in [2.75, 3.05) is 6.54 Å². The van der Waals surface area contributed by atoms with Gasteiger partial charge in [-0.3, -0.25) is 0 Å². The van der Waals surface area contributed by atoms with Crippen LogP contribution in [0.2, 0.25) is 0 Å². The smallest absolute Gasteiger partial charge is 0.0207 e. The molecule has 0 aliphatic rings. The number of hydrogen-bond donors (Lipinski definition) is 2. The fraction of sp³-hybridized carbons (Fsp3) is 0.500. The lowest BCUT2D eigenvalue weighted by atomic mass is 10.1. The molecule has 1 unspecified atom stereocenters. The molecule has 0 bridgehead atoms. The van der Waals surface area contributed by atoms with Crippen molar-refractivity contribution in [3.05, 3.63) is 35.4 Å². The molecule has 0 amide bonds. The van der Waals surface area contributed by atoms with Crippen molar-refractivity contribution in [2.45, 2.75) is 32.9 Å². The van der Waals surface area contributed by atoms with Crippen LogP contribution in [0.15, 0.2) is 24.3 Å². The van der Waals surface area contributed by atoms with E-state index in [1.54, 1.807) is 0 Å². The van der Waals surface area contributed by atoms with E-state index in [1.165, 1.54) is 11.1 Å². The summed E-state index contributed by atoms with van der Waals surface area (Å²) in [6.07, 6.45) is 1.03. The molecule has 1 aromatic carbocycles. The summed E-state index contributed by atoms with van der Waals surface area (Å²) in [4.78, 5) is 0. The van der Waals surface area contributed by atoms with Crippen LogP contribution < -0.4 is 11.1 Å². The summed E-state index contributed by atoms with van der Waals surface area (Å²) < 4.78 is 0. The summed E-state index contributed by atoms with van der Waals surface area (Å²) in [5.74, 6) is 0. The minimum Gasteiger partial charge on any atom is -0.330 e. The van der Waals surface area contributed by atoms with Crippen LogP contribution in [0.5, 0.6) is 0 Å². The molecule has 1 atom stereocenters. The molecule has 3 N–H and O–H groups in total. The Morgan fingerprint density at radius 3 is 2.50 bits per heavy atom. The zero-order valence-corrected chi connectivity index (χ0v) is 9.09. The summed E-state index contributed by atoms with van der Waals surface area (Å²) in [6, 6.07) is 9.12. The summed E-state index contributed by atoms with van der Waals surface area (Å²) >= 11 is 0. The molecule has 0 fully saturated rings. The predicted octanol–water partition coefficient (Wildman–Crippen LogP) is 1.82. The highest BCUT2D eigenvalue weighted by Gasteiger charge is 1.99. The molecular formula is C12H20N2. The van der Waals surface area contributed by atoms with E-state index in [1.807, 2.05) is 0 Å². The van der Waals surface area contributed by atoms with Crippen molar-refractivity contribution < 1.29 is 0 Å². The second-order valence-electron chi connectivity index (χ2n) is 3.84. The average molecular weight is 192 g/mol. The first-order valence-corrected chi connectivity index (χ1v) is 5.21. The van der Waals surface area contributed by atoms with Crippen LogP contribution >= 0.6 is 0 Å². The Kier molecular flexibility index (Phi) is 4.63. The molecule has 0 aliphatic heterocycles. The van der Waals surface area contributed by atoms with Crippen molar-refractivity contribution in [3.63, 3.8) is 0 Å². The summed E-state index contributed by atoms with van der Waals surface area (Å²) in [5, 5.41) is 3.44. The maximum atomic E-state index is 5.48. The molecule has 0 heterocycles. The maximum Gasteiger partial charge on any atom is 0.0207 e. The van der Waals surface area contributed by atoms with Gasteiger partial charge in [0.2, 0.25) is 0 Å². The number of benzene rings is 1. The third-order valence-corrected chi connectivity index (χ3v) is 2.37. The number of nitrogens with one attached hydrogen (secondary N) is 1. The molecule has 78 valence electrons. The van der Waals surface area contributed by atoms with Gasteiger partial charge in [-0.15, -0.1) is 0 Å². The average Bonchev–Trinajstić information content (AvgIpc) is 2.17. The summed E-state index contributed by atoms with van der Waals surface area (Å²) in [5.41, 5.74) is 8.12. The van der Waals surface area contributed by atoms with E-state index in [-0.39, 0.29) is 0 Å². The highest BCUT2D eigenvalue weighted by molar-refractivity contribution is 5.21. The number of hydrogen-bond acceptors (Lipinski definition) is 2. The lowest BCUT2D eigenvalue weighted by molar-refractivity contribution is 0.520. The molecule has 0 aromatic heterocycles. The van der Waals surface area contributed by atoms with Gasteiger partial charge in [0.25, 0.3) is 0 Å². The molecule has 2 heteroatoms. The van der Waals surface area contributed by atoms with Gasteiger partial charge in [-0.1, -0.05) is 29.8 Å². The zero-order chi connectivity index (χ0) is 10.4. The predicted molar refractivity (Wildman–Crippen MR) is 61.2 cm³/mol. The molecule has 1 aromatic rings. The topological polar surface area (TPSA) is 38.0 Å². The van der Waals surface area contributed by atoms with Gasteiger partial charge >= 0.3 is 0 Å². The van der Waals surface area contributed by atoms with Crippen LogP contribution in [0.25, 0.3) is 0 Å². The largest absolute Gasteiger partial charge is 0.330 e. The molecule has 2 nitrogen and oxygen atoms in total. The lowest BCUT2D eigenvalue weighted by Gasteiger charge is -2.12. The van der Waals surface area contributed by atoms with Gasteiger partial charge in [0, 0.05) is 12.6 Å². The molecule has 0 saturated heterocycles. The van der Waals surface area contributed by atoms with E-state index in [2.05, 4.69) is 43.4 Å². The Morgan fingerprint density at radius 1 is 1.29 bits per heavy atom. The van der Waals surface area contributed by atoms with E-state index >= 15 is 0 Å². The van der Waals surface area contributed by atoms with E-state index in [4.69, 9.17) is 5.73 Å². The van der Waals surface area contributed by atoms with Crippen LogP contribution in [0.3, 0.4) is 0 Å². The first-order chi connectivity index (χ1) is 6.72. The molecule has 14 heavy (non-hydrogen) atoms. The fourth-order valence-electron chi connectivity index (χ4n) is 1.35. The molecule has 1 rings (SSSR count). The van der Waals surface area contributed by atoms with Gasteiger partial charge in [0.05, 0.1) is 0 Å². The third-order valence-electron chi connectivity index (χ3n) is 2.37. The highest BCUT2D eigenvalue weighted by atomic mass is 14.9. The Balaban J connectivity index is 2.34. The second kappa shape index (κ2) is 5.78. The van der Waals surface area contributed by atoms with E-state index < -0.39 is 0 Å². The van der Waals surface area contributed by atoms with Gasteiger partial charge in [0.1, 0.15) is 0 Å². The Labute approximate surface area is 86.5 Å². The van der Waals surface area contributed by atoms with Crippen molar-refractivity contribution in [3.8, 4) is 0 Å². The first kappa shape index (κ1) is 11.2. The quantitative estimate of drug-likeness (QED) is 0.747. The minimum atomic E-state index is 0.501. The van der Waals surface area contributed by atoms with Gasteiger partial charge in [-0.05, 0) is 32.4 Å². The molecule has 0 radical (unpaired) electrons. The van der Waals surface area contributed by atoms with Crippen LogP contribution in [0.1, 0.15) is 24.5 Å². The number of nitrogens with two attached hydrogens (primary N) is 1. The Bertz CT molecular complexity index is 254. The normalized spacial score (nSPS) is 12.8. The lowest BCUT2D eigenvalue weighted by Crippen LogP contribution is -2.27. The van der Waals surface area contributed by atoms with Crippen molar-refractivity contribution in [2.24, 2.45) is 5.73 Å². The molecule has 0 spiro atoms. The van der Waals surface area contributed by atoms with Gasteiger partial charge < -0.3 is 11.1 Å². The van der Waals surface area contributed by atoms with Crippen LogP contribution in [-0.2, 0) is 6.54 Å². The third kappa shape index (κ3) is 3.90. The Hall–Kier alpha value is -0.860. The number of aryl methyl sites for hydroxylation is 1. The van der Waals surface area contributed by atoms with E-state index in [0.717, 1.165) is 19.5 Å². The highest BCUT2D eigenvalue weighted by Crippen LogP contribution is 2.03.